The lowest BCUT2D eigenvalue weighted by molar-refractivity contribution is -0.138. The predicted octanol–water partition coefficient (Wildman–Crippen LogP) is 2.85. The van der Waals surface area contributed by atoms with Crippen LogP contribution in [-0.2, 0) is 24.0 Å². The Morgan fingerprint density at radius 3 is 2.32 bits per heavy atom. The van der Waals surface area contributed by atoms with E-state index in [4.69, 9.17) is 21.7 Å². The quantitative estimate of drug-likeness (QED) is 0.527. The fraction of sp³-hybridized carbons (Fsp3) is 0.267. The maximum Gasteiger partial charge on any atom is 0.416 e. The van der Waals surface area contributed by atoms with Gasteiger partial charge in [-0.2, -0.15) is 23.1 Å². The SMILES string of the molecule is COc1cc(OC)nc(NC(=S)N(Cc2ccccc2C(F)(F)F)S(=O)O)n1. The van der Waals surface area contributed by atoms with Crippen LogP contribution in [0.15, 0.2) is 30.3 Å². The summed E-state index contributed by atoms with van der Waals surface area (Å²) in [6.07, 6.45) is -4.63. The van der Waals surface area contributed by atoms with Crippen LogP contribution in [0.2, 0.25) is 0 Å². The Kier molecular flexibility index (Phi) is 7.10. The number of methoxy groups -OCH3 is 2. The molecule has 1 aromatic heterocycles. The summed E-state index contributed by atoms with van der Waals surface area (Å²) in [4.78, 5) is 7.89. The number of rotatable bonds is 6. The number of halogens is 3. The van der Waals surface area contributed by atoms with Gasteiger partial charge in [-0.1, -0.05) is 18.2 Å². The molecule has 0 aliphatic heterocycles. The molecule has 2 rings (SSSR count). The summed E-state index contributed by atoms with van der Waals surface area (Å²) in [6.45, 7) is -0.578. The van der Waals surface area contributed by atoms with Gasteiger partial charge in [0.15, 0.2) is 5.11 Å². The van der Waals surface area contributed by atoms with Gasteiger partial charge in [0.25, 0.3) is 11.3 Å². The minimum absolute atomic E-state index is 0.122. The fourth-order valence-electron chi connectivity index (χ4n) is 2.11. The molecule has 13 heteroatoms. The van der Waals surface area contributed by atoms with Crippen molar-refractivity contribution in [3.63, 3.8) is 0 Å². The van der Waals surface area contributed by atoms with E-state index in [1.165, 1.54) is 38.5 Å². The van der Waals surface area contributed by atoms with E-state index in [1.807, 2.05) is 0 Å². The van der Waals surface area contributed by atoms with Crippen LogP contribution < -0.4 is 14.8 Å². The van der Waals surface area contributed by atoms with Gasteiger partial charge in [-0.15, -0.1) is 0 Å². The number of hydrogen-bond donors (Lipinski definition) is 2. The number of aromatic nitrogens is 2. The molecule has 0 spiro atoms. The summed E-state index contributed by atoms with van der Waals surface area (Å²) >= 11 is 2.33. The molecule has 0 aliphatic rings. The highest BCUT2D eigenvalue weighted by molar-refractivity contribution is 7.83. The average Bonchev–Trinajstić information content (AvgIpc) is 2.64. The molecule has 0 bridgehead atoms. The van der Waals surface area contributed by atoms with Crippen molar-refractivity contribution in [2.24, 2.45) is 0 Å². The van der Waals surface area contributed by atoms with Gasteiger partial charge < -0.3 is 14.8 Å². The zero-order valence-corrected chi connectivity index (χ0v) is 16.2. The number of ether oxygens (including phenoxy) is 2. The highest BCUT2D eigenvalue weighted by Crippen LogP contribution is 2.32. The van der Waals surface area contributed by atoms with Gasteiger partial charge >= 0.3 is 6.18 Å². The van der Waals surface area contributed by atoms with Crippen molar-refractivity contribution in [1.82, 2.24) is 14.3 Å². The molecule has 2 N–H and O–H groups in total. The molecule has 0 amide bonds. The summed E-state index contributed by atoms with van der Waals surface area (Å²) < 4.78 is 71.3. The third-order valence-corrected chi connectivity index (χ3v) is 4.49. The first-order chi connectivity index (χ1) is 13.2. The lowest BCUT2D eigenvalue weighted by Crippen LogP contribution is -2.36. The second kappa shape index (κ2) is 9.12. The van der Waals surface area contributed by atoms with Crippen molar-refractivity contribution in [3.8, 4) is 11.8 Å². The molecule has 0 saturated heterocycles. The standard InChI is InChI=1S/C15H15F3N4O4S2/c1-25-11-7-12(26-2)20-13(19-11)21-14(27)22(28(23)24)8-9-5-3-4-6-10(9)15(16,17)18/h3-7H,8H2,1-2H3,(H,23,24)(H,19,20,21,27). The molecule has 2 aromatic rings. The number of nitrogens with zero attached hydrogens (tertiary/aromatic N) is 3. The maximum atomic E-state index is 13.2. The molecule has 1 atom stereocenters. The Morgan fingerprint density at radius 1 is 1.25 bits per heavy atom. The van der Waals surface area contributed by atoms with Crippen LogP contribution in [0.5, 0.6) is 11.8 Å². The van der Waals surface area contributed by atoms with Crippen molar-refractivity contribution >= 4 is 34.5 Å². The molecule has 0 aliphatic carbocycles. The van der Waals surface area contributed by atoms with E-state index in [0.717, 1.165) is 6.07 Å². The smallest absolute Gasteiger partial charge is 0.416 e. The Balaban J connectivity index is 2.28. The largest absolute Gasteiger partial charge is 0.481 e. The molecule has 0 fully saturated rings. The Morgan fingerprint density at radius 2 is 1.82 bits per heavy atom. The lowest BCUT2D eigenvalue weighted by Gasteiger charge is -2.23. The number of nitrogens with one attached hydrogen (secondary N) is 1. The van der Waals surface area contributed by atoms with Crippen LogP contribution in [0.1, 0.15) is 11.1 Å². The van der Waals surface area contributed by atoms with Gasteiger partial charge in [0.2, 0.25) is 17.7 Å². The van der Waals surface area contributed by atoms with E-state index in [-0.39, 0.29) is 28.4 Å². The molecule has 0 radical (unpaired) electrons. The summed E-state index contributed by atoms with van der Waals surface area (Å²) in [5.41, 5.74) is -1.17. The zero-order chi connectivity index (χ0) is 20.9. The monoisotopic (exact) mass is 436 g/mol. The van der Waals surface area contributed by atoms with Crippen LogP contribution in [0.3, 0.4) is 0 Å². The summed E-state index contributed by atoms with van der Waals surface area (Å²) in [5, 5.41) is 2.12. The van der Waals surface area contributed by atoms with Crippen molar-refractivity contribution in [2.75, 3.05) is 19.5 Å². The lowest BCUT2D eigenvalue weighted by atomic mass is 10.1. The van der Waals surface area contributed by atoms with Gasteiger partial charge in [-0.05, 0) is 23.8 Å². The minimum Gasteiger partial charge on any atom is -0.481 e. The van der Waals surface area contributed by atoms with Crippen molar-refractivity contribution < 1.29 is 31.4 Å². The van der Waals surface area contributed by atoms with E-state index in [0.29, 0.717) is 4.31 Å². The maximum absolute atomic E-state index is 13.2. The van der Waals surface area contributed by atoms with Crippen molar-refractivity contribution in [1.29, 1.82) is 0 Å². The molecular formula is C15H15F3N4O4S2. The van der Waals surface area contributed by atoms with Crippen LogP contribution in [0.4, 0.5) is 19.1 Å². The highest BCUT2D eigenvalue weighted by Gasteiger charge is 2.34. The molecule has 1 aromatic carbocycles. The molecular weight excluding hydrogens is 421 g/mol. The van der Waals surface area contributed by atoms with E-state index in [9.17, 15) is 21.9 Å². The van der Waals surface area contributed by atoms with Crippen molar-refractivity contribution in [3.05, 3.63) is 41.5 Å². The molecule has 8 nitrogen and oxygen atoms in total. The van der Waals surface area contributed by atoms with E-state index >= 15 is 0 Å². The zero-order valence-electron chi connectivity index (χ0n) is 14.6. The molecule has 0 saturated carbocycles. The molecule has 28 heavy (non-hydrogen) atoms. The first kappa shape index (κ1) is 21.8. The molecule has 1 heterocycles. The van der Waals surface area contributed by atoms with Gasteiger partial charge in [0.05, 0.1) is 32.4 Å². The van der Waals surface area contributed by atoms with Gasteiger partial charge in [-0.25, -0.2) is 8.51 Å². The Bertz CT molecular complexity index is 860. The second-order valence-corrected chi connectivity index (χ2v) is 6.42. The fourth-order valence-corrected chi connectivity index (χ4v) is 2.90. The number of hydrogen-bond acceptors (Lipinski definition) is 6. The molecule has 152 valence electrons. The number of benzene rings is 1. The van der Waals surface area contributed by atoms with E-state index < -0.39 is 29.6 Å². The molecule has 1 unspecified atom stereocenters. The highest BCUT2D eigenvalue weighted by atomic mass is 32.2. The van der Waals surface area contributed by atoms with Crippen LogP contribution in [-0.4, -0.2) is 42.4 Å². The van der Waals surface area contributed by atoms with Gasteiger partial charge in [0, 0.05) is 0 Å². The van der Waals surface area contributed by atoms with Crippen LogP contribution >= 0.6 is 12.2 Å². The minimum atomic E-state index is -4.63. The number of thiocarbonyl (C=S) groups is 1. The Hall–Kier alpha value is -2.51. The first-order valence-corrected chi connectivity index (χ1v) is 8.94. The normalized spacial score (nSPS) is 12.2. The summed E-state index contributed by atoms with van der Waals surface area (Å²) in [6, 6.07) is 6.06. The summed E-state index contributed by atoms with van der Waals surface area (Å²) in [7, 11) is 2.71. The third-order valence-electron chi connectivity index (χ3n) is 3.37. The summed E-state index contributed by atoms with van der Waals surface area (Å²) in [5.74, 6) is 0.119. The third kappa shape index (κ3) is 5.50. The van der Waals surface area contributed by atoms with Crippen LogP contribution in [0, 0.1) is 0 Å². The average molecular weight is 436 g/mol. The van der Waals surface area contributed by atoms with Gasteiger partial charge in [-0.3, -0.25) is 4.55 Å². The first-order valence-electron chi connectivity index (χ1n) is 7.47. The predicted molar refractivity (Wildman–Crippen MR) is 99.1 cm³/mol. The van der Waals surface area contributed by atoms with E-state index in [1.54, 1.807) is 0 Å². The number of anilines is 1. The second-order valence-electron chi connectivity index (χ2n) is 5.13. The van der Waals surface area contributed by atoms with Crippen molar-refractivity contribution in [2.45, 2.75) is 12.7 Å². The Labute approximate surface area is 166 Å². The van der Waals surface area contributed by atoms with E-state index in [2.05, 4.69) is 15.3 Å². The number of alkyl halides is 3. The van der Waals surface area contributed by atoms with Crippen LogP contribution in [0.25, 0.3) is 0 Å². The topological polar surface area (TPSA) is 96.8 Å². The van der Waals surface area contributed by atoms with Gasteiger partial charge in [0.1, 0.15) is 0 Å².